The zero-order chi connectivity index (χ0) is 7.98. The molecule has 0 aliphatic heterocycles. The van der Waals surface area contributed by atoms with Gasteiger partial charge in [-0.2, -0.15) is 0 Å². The van der Waals surface area contributed by atoms with Gasteiger partial charge in [-0.3, -0.25) is 0 Å². The molecule has 0 spiro atoms. The molecule has 0 aromatic heterocycles. The van der Waals surface area contributed by atoms with Crippen molar-refractivity contribution >= 4 is 14.8 Å². The Kier molecular flexibility index (Phi) is 5.77. The Morgan fingerprint density at radius 3 is 2.60 bits per heavy atom. The molecular weight excluding hydrogens is 130 g/mol. The van der Waals surface area contributed by atoms with Crippen molar-refractivity contribution < 1.29 is 14.6 Å². The third kappa shape index (κ3) is 6.13. The van der Waals surface area contributed by atoms with E-state index in [-0.39, 0.29) is 0 Å². The van der Waals surface area contributed by atoms with E-state index in [0.29, 0.717) is 13.3 Å². The van der Waals surface area contributed by atoms with E-state index in [9.17, 15) is 0 Å². The molecule has 0 heterocycles. The van der Waals surface area contributed by atoms with Crippen LogP contribution in [0, 0.1) is 0 Å². The van der Waals surface area contributed by atoms with Crippen LogP contribution >= 0.6 is 0 Å². The lowest BCUT2D eigenvalue weighted by Gasteiger charge is -2.07. The van der Waals surface area contributed by atoms with Crippen LogP contribution in [0.3, 0.4) is 0 Å². The first-order valence-corrected chi connectivity index (χ1v) is 3.64. The summed E-state index contributed by atoms with van der Waals surface area (Å²) in [5.74, 6) is 0.409. The number of hydrogen-bond donors (Lipinski definition) is 2. The van der Waals surface area contributed by atoms with Gasteiger partial charge in [0, 0.05) is 0 Å². The highest BCUT2D eigenvalue weighted by Gasteiger charge is 2.11. The Bertz CT molecular complexity index is 79.3. The second kappa shape index (κ2) is 5.77. The Balaban J connectivity index is 3.12. The monoisotopic (exact) mass is 144 g/mol. The molecule has 1 unspecified atom stereocenters. The molecule has 0 aliphatic rings. The summed E-state index contributed by atoms with van der Waals surface area (Å²) in [5.41, 5.74) is 0. The first kappa shape index (κ1) is 10.0. The van der Waals surface area contributed by atoms with Gasteiger partial charge in [0.15, 0.2) is 0 Å². The Labute approximate surface area is 62.9 Å². The molecule has 0 aromatic rings. The van der Waals surface area contributed by atoms with Gasteiger partial charge in [0.25, 0.3) is 7.48 Å². The SMILES string of the molecule is CCCC(C)BOB(O)O. The molecule has 0 saturated carbocycles. The maximum absolute atomic E-state index is 8.30. The van der Waals surface area contributed by atoms with Crippen molar-refractivity contribution in [1.29, 1.82) is 0 Å². The van der Waals surface area contributed by atoms with E-state index < -0.39 is 7.32 Å². The van der Waals surface area contributed by atoms with Crippen molar-refractivity contribution in [2.45, 2.75) is 32.5 Å². The summed E-state index contributed by atoms with van der Waals surface area (Å²) in [6.45, 7) is 4.11. The highest BCUT2D eigenvalue weighted by molar-refractivity contribution is 6.46. The largest absolute Gasteiger partial charge is 0.618 e. The molecular formula is C5H14B2O3. The highest BCUT2D eigenvalue weighted by atomic mass is 16.6. The summed E-state index contributed by atoms with van der Waals surface area (Å²) in [6, 6.07) is 0. The average Bonchev–Trinajstić information content (AvgIpc) is 1.85. The maximum atomic E-state index is 8.30. The molecule has 0 saturated heterocycles. The molecule has 58 valence electrons. The lowest BCUT2D eigenvalue weighted by Crippen LogP contribution is -2.21. The Hall–Kier alpha value is 0.00987. The second-order valence-corrected chi connectivity index (χ2v) is 2.55. The molecule has 0 rings (SSSR count). The van der Waals surface area contributed by atoms with Crippen LogP contribution in [0.1, 0.15) is 26.7 Å². The quantitative estimate of drug-likeness (QED) is 0.530. The molecule has 3 nitrogen and oxygen atoms in total. The average molecular weight is 144 g/mol. The van der Waals surface area contributed by atoms with Crippen molar-refractivity contribution in [1.82, 2.24) is 0 Å². The van der Waals surface area contributed by atoms with Gasteiger partial charge >= 0.3 is 7.32 Å². The molecule has 10 heavy (non-hydrogen) atoms. The molecule has 0 fully saturated rings. The van der Waals surface area contributed by atoms with Gasteiger partial charge in [-0.15, -0.1) is 0 Å². The minimum absolute atomic E-state index is 0.409. The van der Waals surface area contributed by atoms with Crippen LogP contribution in [0.25, 0.3) is 0 Å². The molecule has 0 aromatic carbocycles. The Morgan fingerprint density at radius 1 is 1.60 bits per heavy atom. The van der Waals surface area contributed by atoms with E-state index in [4.69, 9.17) is 10.0 Å². The van der Waals surface area contributed by atoms with Gasteiger partial charge in [-0.05, 0) is 5.82 Å². The van der Waals surface area contributed by atoms with E-state index in [2.05, 4.69) is 11.5 Å². The summed E-state index contributed by atoms with van der Waals surface area (Å²) in [4.78, 5) is 0. The fourth-order valence-corrected chi connectivity index (χ4v) is 0.826. The van der Waals surface area contributed by atoms with Crippen LogP contribution in [0.4, 0.5) is 0 Å². The topological polar surface area (TPSA) is 49.7 Å². The van der Waals surface area contributed by atoms with Crippen molar-refractivity contribution in [2.24, 2.45) is 0 Å². The van der Waals surface area contributed by atoms with E-state index in [1.165, 1.54) is 0 Å². The predicted molar refractivity (Wildman–Crippen MR) is 42.8 cm³/mol. The standard InChI is InChI=1S/C5H14B2O3/c1-3-4-5(2)6-10-7(8)9/h5-6,8-9H,3-4H2,1-2H3. The van der Waals surface area contributed by atoms with Crippen LogP contribution in [-0.4, -0.2) is 24.9 Å². The fourth-order valence-electron chi connectivity index (χ4n) is 0.826. The summed E-state index contributed by atoms with van der Waals surface area (Å²) in [6.07, 6.45) is 2.17. The smallest absolute Gasteiger partial charge is 0.452 e. The van der Waals surface area contributed by atoms with Crippen LogP contribution in [-0.2, 0) is 4.57 Å². The minimum atomic E-state index is -1.61. The van der Waals surface area contributed by atoms with Gasteiger partial charge < -0.3 is 14.6 Å². The van der Waals surface area contributed by atoms with E-state index in [0.717, 1.165) is 12.8 Å². The maximum Gasteiger partial charge on any atom is 0.618 e. The van der Waals surface area contributed by atoms with Crippen LogP contribution in [0.2, 0.25) is 5.82 Å². The third-order valence-corrected chi connectivity index (χ3v) is 1.31. The van der Waals surface area contributed by atoms with Gasteiger partial charge in [0.05, 0.1) is 0 Å². The van der Waals surface area contributed by atoms with Crippen molar-refractivity contribution in [3.05, 3.63) is 0 Å². The van der Waals surface area contributed by atoms with Crippen molar-refractivity contribution in [2.75, 3.05) is 0 Å². The molecule has 0 amide bonds. The first-order valence-electron chi connectivity index (χ1n) is 3.64. The number of rotatable bonds is 5. The van der Waals surface area contributed by atoms with Gasteiger partial charge in [0.2, 0.25) is 0 Å². The molecule has 0 radical (unpaired) electrons. The van der Waals surface area contributed by atoms with E-state index >= 15 is 0 Å². The van der Waals surface area contributed by atoms with E-state index in [1.54, 1.807) is 0 Å². The zero-order valence-electron chi connectivity index (χ0n) is 6.58. The molecule has 1 atom stereocenters. The zero-order valence-corrected chi connectivity index (χ0v) is 6.58. The highest BCUT2D eigenvalue weighted by Crippen LogP contribution is 2.09. The summed E-state index contributed by atoms with van der Waals surface area (Å²) in [7, 11) is -1.19. The van der Waals surface area contributed by atoms with E-state index in [1.807, 2.05) is 6.92 Å². The number of hydrogen-bond acceptors (Lipinski definition) is 3. The lowest BCUT2D eigenvalue weighted by atomic mass is 9.77. The van der Waals surface area contributed by atoms with Crippen LogP contribution in [0.5, 0.6) is 0 Å². The molecule has 0 aliphatic carbocycles. The fraction of sp³-hybridized carbons (Fsp3) is 1.00. The second-order valence-electron chi connectivity index (χ2n) is 2.55. The van der Waals surface area contributed by atoms with Gasteiger partial charge in [-0.1, -0.05) is 26.7 Å². The van der Waals surface area contributed by atoms with Crippen molar-refractivity contribution in [3.8, 4) is 0 Å². The minimum Gasteiger partial charge on any atom is -0.452 e. The summed E-state index contributed by atoms with van der Waals surface area (Å²) < 4.78 is 4.57. The molecule has 2 N–H and O–H groups in total. The third-order valence-electron chi connectivity index (χ3n) is 1.31. The Morgan fingerprint density at radius 2 is 2.20 bits per heavy atom. The summed E-state index contributed by atoms with van der Waals surface area (Å²) >= 11 is 0. The van der Waals surface area contributed by atoms with Gasteiger partial charge in [0.1, 0.15) is 0 Å². The van der Waals surface area contributed by atoms with Gasteiger partial charge in [-0.25, -0.2) is 0 Å². The van der Waals surface area contributed by atoms with Crippen LogP contribution < -0.4 is 0 Å². The first-order chi connectivity index (χ1) is 4.66. The lowest BCUT2D eigenvalue weighted by molar-refractivity contribution is 0.292. The molecule has 5 heteroatoms. The van der Waals surface area contributed by atoms with Crippen molar-refractivity contribution in [3.63, 3.8) is 0 Å². The molecule has 0 bridgehead atoms. The predicted octanol–water partition coefficient (Wildman–Crippen LogP) is -0.0675. The summed E-state index contributed by atoms with van der Waals surface area (Å²) in [5, 5.41) is 16.6. The van der Waals surface area contributed by atoms with Crippen LogP contribution in [0.15, 0.2) is 0 Å². The normalized spacial score (nSPS) is 12.8.